The Hall–Kier alpha value is -4.08. The summed E-state index contributed by atoms with van der Waals surface area (Å²) in [4.78, 5) is 49.1. The van der Waals surface area contributed by atoms with Crippen LogP contribution in [-0.2, 0) is 19.1 Å². The summed E-state index contributed by atoms with van der Waals surface area (Å²) in [7, 11) is 0. The summed E-state index contributed by atoms with van der Waals surface area (Å²) in [5.41, 5.74) is 0.0577. The van der Waals surface area contributed by atoms with Crippen LogP contribution >= 0.6 is 0 Å². The Morgan fingerprint density at radius 2 is 1.54 bits per heavy atom. The third-order valence-corrected chi connectivity index (χ3v) is 4.82. The molecule has 4 amide bonds. The maximum absolute atomic E-state index is 12.7. The molecular weight excluding hydrogens is 476 g/mol. The first-order valence-electron chi connectivity index (χ1n) is 12.2. The van der Waals surface area contributed by atoms with Crippen LogP contribution in [0, 0.1) is 0 Å². The summed E-state index contributed by atoms with van der Waals surface area (Å²) in [5, 5.41) is 10.7. The smallest absolute Gasteiger partial charge is 0.315 e. The number of benzene rings is 2. The van der Waals surface area contributed by atoms with Crippen LogP contribution in [0.15, 0.2) is 54.6 Å². The van der Waals surface area contributed by atoms with Crippen molar-refractivity contribution >= 4 is 29.5 Å². The summed E-state index contributed by atoms with van der Waals surface area (Å²) in [6.07, 6.45) is 0.0445. The third kappa shape index (κ3) is 11.9. The van der Waals surface area contributed by atoms with E-state index in [0.717, 1.165) is 0 Å². The lowest BCUT2D eigenvalue weighted by molar-refractivity contribution is -0.143. The number of ether oxygens (including phenoxy) is 2. The molecule has 0 spiro atoms. The standard InChI is InChI=1S/C27H36N4O6/c1-5-36-24(33)17-18-28-25(34)22(30-26(35)31-27(2,3)4)15-16-23(32)29-19-11-13-21(14-12-19)37-20-9-7-6-8-10-20/h6-14,22H,5,15-18H2,1-4H3,(H,28,34)(H,29,32)(H2,30,31,35)/t22-/m1/s1. The van der Waals surface area contributed by atoms with Crippen LogP contribution in [0.25, 0.3) is 0 Å². The highest BCUT2D eigenvalue weighted by Crippen LogP contribution is 2.22. The number of hydrogen-bond donors (Lipinski definition) is 4. The molecule has 0 radical (unpaired) electrons. The van der Waals surface area contributed by atoms with Gasteiger partial charge in [0, 0.05) is 24.2 Å². The van der Waals surface area contributed by atoms with E-state index in [-0.39, 0.29) is 38.3 Å². The minimum absolute atomic E-state index is 0.00492. The molecule has 10 heteroatoms. The molecule has 0 saturated carbocycles. The molecule has 4 N–H and O–H groups in total. The molecule has 0 aliphatic rings. The predicted octanol–water partition coefficient (Wildman–Crippen LogP) is 3.73. The largest absolute Gasteiger partial charge is 0.466 e. The van der Waals surface area contributed by atoms with E-state index in [1.54, 1.807) is 31.2 Å². The zero-order chi connectivity index (χ0) is 27.3. The van der Waals surface area contributed by atoms with Gasteiger partial charge >= 0.3 is 12.0 Å². The highest BCUT2D eigenvalue weighted by molar-refractivity contribution is 5.92. The van der Waals surface area contributed by atoms with Gasteiger partial charge in [0.05, 0.1) is 13.0 Å². The molecule has 0 aliphatic heterocycles. The van der Waals surface area contributed by atoms with E-state index in [2.05, 4.69) is 21.3 Å². The number of amides is 4. The molecule has 2 aromatic rings. The number of anilines is 1. The average Bonchev–Trinajstić information content (AvgIpc) is 2.82. The van der Waals surface area contributed by atoms with Crippen molar-refractivity contribution in [2.24, 2.45) is 0 Å². The van der Waals surface area contributed by atoms with Gasteiger partial charge < -0.3 is 30.7 Å². The Balaban J connectivity index is 1.91. The number of carbonyl (C=O) groups is 4. The maximum Gasteiger partial charge on any atom is 0.315 e. The summed E-state index contributed by atoms with van der Waals surface area (Å²) in [6.45, 7) is 7.43. The molecular formula is C27H36N4O6. The number of para-hydroxylation sites is 1. The van der Waals surface area contributed by atoms with E-state index in [9.17, 15) is 19.2 Å². The molecule has 0 heterocycles. The molecule has 2 aromatic carbocycles. The predicted molar refractivity (Wildman–Crippen MR) is 140 cm³/mol. The molecule has 200 valence electrons. The van der Waals surface area contributed by atoms with Gasteiger partial charge in [0.2, 0.25) is 11.8 Å². The van der Waals surface area contributed by atoms with Gasteiger partial charge in [-0.1, -0.05) is 18.2 Å². The van der Waals surface area contributed by atoms with Gasteiger partial charge in [0.15, 0.2) is 0 Å². The number of urea groups is 1. The van der Waals surface area contributed by atoms with Crippen molar-refractivity contribution in [3.8, 4) is 11.5 Å². The van der Waals surface area contributed by atoms with Crippen LogP contribution in [0.5, 0.6) is 11.5 Å². The van der Waals surface area contributed by atoms with Crippen LogP contribution in [-0.4, -0.2) is 48.5 Å². The van der Waals surface area contributed by atoms with Crippen molar-refractivity contribution in [3.63, 3.8) is 0 Å². The lowest BCUT2D eigenvalue weighted by atomic mass is 10.1. The maximum atomic E-state index is 12.7. The normalized spacial score (nSPS) is 11.6. The number of hydrogen-bond acceptors (Lipinski definition) is 6. The minimum Gasteiger partial charge on any atom is -0.466 e. The molecule has 10 nitrogen and oxygen atoms in total. The van der Waals surface area contributed by atoms with E-state index < -0.39 is 29.5 Å². The van der Waals surface area contributed by atoms with Crippen molar-refractivity contribution < 1.29 is 28.7 Å². The van der Waals surface area contributed by atoms with Gasteiger partial charge in [0.25, 0.3) is 0 Å². The van der Waals surface area contributed by atoms with E-state index in [4.69, 9.17) is 9.47 Å². The summed E-state index contributed by atoms with van der Waals surface area (Å²) in [5.74, 6) is 0.0756. The first kappa shape index (κ1) is 29.2. The first-order chi connectivity index (χ1) is 17.6. The number of nitrogens with one attached hydrogen (secondary N) is 4. The number of rotatable bonds is 12. The summed E-state index contributed by atoms with van der Waals surface area (Å²) in [6, 6.07) is 14.7. The van der Waals surface area contributed by atoms with Gasteiger partial charge in [-0.25, -0.2) is 4.79 Å². The highest BCUT2D eigenvalue weighted by Gasteiger charge is 2.24. The Labute approximate surface area is 217 Å². The van der Waals surface area contributed by atoms with Crippen molar-refractivity contribution in [2.45, 2.75) is 58.5 Å². The van der Waals surface area contributed by atoms with Crippen molar-refractivity contribution in [1.29, 1.82) is 0 Å². The van der Waals surface area contributed by atoms with E-state index >= 15 is 0 Å². The Morgan fingerprint density at radius 1 is 0.892 bits per heavy atom. The molecule has 0 fully saturated rings. The zero-order valence-electron chi connectivity index (χ0n) is 21.8. The monoisotopic (exact) mass is 512 g/mol. The van der Waals surface area contributed by atoms with Crippen LogP contribution in [0.4, 0.5) is 10.5 Å². The molecule has 0 aromatic heterocycles. The topological polar surface area (TPSA) is 135 Å². The van der Waals surface area contributed by atoms with Gasteiger partial charge in [-0.15, -0.1) is 0 Å². The molecule has 2 rings (SSSR count). The molecule has 0 unspecified atom stereocenters. The van der Waals surface area contributed by atoms with Crippen molar-refractivity contribution in [2.75, 3.05) is 18.5 Å². The summed E-state index contributed by atoms with van der Waals surface area (Å²) < 4.78 is 10.6. The van der Waals surface area contributed by atoms with Gasteiger partial charge in [0.1, 0.15) is 17.5 Å². The van der Waals surface area contributed by atoms with Gasteiger partial charge in [-0.05, 0) is 70.5 Å². The molecule has 37 heavy (non-hydrogen) atoms. The average molecular weight is 513 g/mol. The lowest BCUT2D eigenvalue weighted by Gasteiger charge is -2.24. The van der Waals surface area contributed by atoms with Gasteiger partial charge in [-0.2, -0.15) is 0 Å². The van der Waals surface area contributed by atoms with E-state index in [1.807, 2.05) is 51.1 Å². The van der Waals surface area contributed by atoms with Crippen LogP contribution in [0.3, 0.4) is 0 Å². The van der Waals surface area contributed by atoms with Crippen molar-refractivity contribution in [1.82, 2.24) is 16.0 Å². The van der Waals surface area contributed by atoms with E-state index in [0.29, 0.717) is 17.2 Å². The second-order valence-corrected chi connectivity index (χ2v) is 9.27. The minimum atomic E-state index is -0.975. The van der Waals surface area contributed by atoms with Crippen LogP contribution in [0.2, 0.25) is 0 Å². The molecule has 0 bridgehead atoms. The fourth-order valence-electron chi connectivity index (χ4n) is 3.18. The fraction of sp³-hybridized carbons (Fsp3) is 0.407. The SMILES string of the molecule is CCOC(=O)CCNC(=O)[C@@H](CCC(=O)Nc1ccc(Oc2ccccc2)cc1)NC(=O)NC(C)(C)C. The zero-order valence-corrected chi connectivity index (χ0v) is 21.8. The van der Waals surface area contributed by atoms with Crippen LogP contribution < -0.4 is 26.0 Å². The highest BCUT2D eigenvalue weighted by atomic mass is 16.5. The molecule has 1 atom stereocenters. The second kappa shape index (κ2) is 14.5. The fourth-order valence-corrected chi connectivity index (χ4v) is 3.18. The second-order valence-electron chi connectivity index (χ2n) is 9.27. The third-order valence-electron chi connectivity index (χ3n) is 4.82. The molecule has 0 saturated heterocycles. The quantitative estimate of drug-likeness (QED) is 0.320. The number of carbonyl (C=O) groups excluding carboxylic acids is 4. The van der Waals surface area contributed by atoms with Gasteiger partial charge in [-0.3, -0.25) is 14.4 Å². The Bertz CT molecular complexity index is 1040. The molecule has 0 aliphatic carbocycles. The lowest BCUT2D eigenvalue weighted by Crippen LogP contribution is -2.54. The Kier molecular flexibility index (Phi) is 11.4. The van der Waals surface area contributed by atoms with Crippen molar-refractivity contribution in [3.05, 3.63) is 54.6 Å². The first-order valence-corrected chi connectivity index (χ1v) is 12.2. The van der Waals surface area contributed by atoms with E-state index in [1.165, 1.54) is 0 Å². The van der Waals surface area contributed by atoms with Crippen LogP contribution in [0.1, 0.15) is 47.0 Å². The number of esters is 1. The Morgan fingerprint density at radius 3 is 2.16 bits per heavy atom. The summed E-state index contributed by atoms with van der Waals surface area (Å²) >= 11 is 0.